The van der Waals surface area contributed by atoms with Gasteiger partial charge in [0.25, 0.3) is 0 Å². The van der Waals surface area contributed by atoms with Gasteiger partial charge in [0.1, 0.15) is 6.10 Å². The van der Waals surface area contributed by atoms with Crippen molar-refractivity contribution in [2.45, 2.75) is 133 Å². The molecular weight excluding hydrogens is 416 g/mol. The second-order valence-corrected chi connectivity index (χ2v) is 14.2. The number of esters is 1. The number of allylic oxidation sites excluding steroid dienone is 4. The summed E-state index contributed by atoms with van der Waals surface area (Å²) in [7, 11) is 0. The molecule has 2 unspecified atom stereocenters. The second kappa shape index (κ2) is 8.81. The third kappa shape index (κ3) is 3.85. The number of rotatable bonds is 5. The van der Waals surface area contributed by atoms with Crippen molar-refractivity contribution in [3.05, 3.63) is 22.8 Å². The third-order valence-electron chi connectivity index (χ3n) is 11.9. The van der Waals surface area contributed by atoms with Gasteiger partial charge in [-0.1, -0.05) is 64.3 Å². The summed E-state index contributed by atoms with van der Waals surface area (Å²) in [4.78, 5) is 11.8. The molecule has 0 radical (unpaired) electrons. The highest BCUT2D eigenvalue weighted by Crippen LogP contribution is 2.72. The number of carbonyl (C=O) groups is 1. The van der Waals surface area contributed by atoms with Crippen molar-refractivity contribution in [3.63, 3.8) is 0 Å². The van der Waals surface area contributed by atoms with Gasteiger partial charge in [-0.25, -0.2) is 0 Å². The Bertz CT molecular complexity index is 873. The summed E-state index contributed by atoms with van der Waals surface area (Å²) in [5.74, 6) is 2.13. The van der Waals surface area contributed by atoms with Gasteiger partial charge in [-0.05, 0) is 112 Å². The van der Waals surface area contributed by atoms with Crippen LogP contribution in [0, 0.1) is 39.4 Å². The fourth-order valence-electron chi connectivity index (χ4n) is 9.86. The number of carbonyl (C=O) groups excluding carboxylic acids is 1. The fraction of sp³-hybridized carbons (Fsp3) is 0.844. The minimum absolute atomic E-state index is 0.0382. The lowest BCUT2D eigenvalue weighted by Gasteiger charge is -2.62. The number of hydrogen-bond donors (Lipinski definition) is 0. The summed E-state index contributed by atoms with van der Waals surface area (Å²) < 4.78 is 5.87. The lowest BCUT2D eigenvalue weighted by Crippen LogP contribution is -2.55. The van der Waals surface area contributed by atoms with Crippen molar-refractivity contribution in [2.24, 2.45) is 39.4 Å². The molecule has 0 heterocycles. The molecule has 2 fully saturated rings. The summed E-state index contributed by atoms with van der Waals surface area (Å²) in [6.07, 6.45) is 15.2. The molecular formula is C32H52O2. The summed E-state index contributed by atoms with van der Waals surface area (Å²) >= 11 is 0. The first-order chi connectivity index (χ1) is 15.8. The van der Waals surface area contributed by atoms with Crippen LogP contribution >= 0.6 is 0 Å². The summed E-state index contributed by atoms with van der Waals surface area (Å²) in [6.45, 7) is 21.2. The van der Waals surface area contributed by atoms with Gasteiger partial charge in [-0.3, -0.25) is 4.79 Å². The van der Waals surface area contributed by atoms with Crippen LogP contribution in [-0.2, 0) is 9.53 Å². The highest BCUT2D eigenvalue weighted by atomic mass is 16.5. The van der Waals surface area contributed by atoms with Crippen molar-refractivity contribution in [1.29, 1.82) is 0 Å². The van der Waals surface area contributed by atoms with Gasteiger partial charge >= 0.3 is 5.97 Å². The average molecular weight is 469 g/mol. The van der Waals surface area contributed by atoms with E-state index in [-0.39, 0.29) is 22.9 Å². The second-order valence-electron chi connectivity index (χ2n) is 14.2. The van der Waals surface area contributed by atoms with E-state index in [0.717, 1.165) is 18.3 Å². The maximum absolute atomic E-state index is 11.8. The molecule has 0 amide bonds. The standard InChI is InChI=1S/C32H52O2/c1-21(2)11-10-12-22(3)24-15-19-32(9)26-13-14-27-29(5,6)28(34-23(4)33)17-18-30(27,7)25(26)16-20-31(24,32)8/h11,22,24,27-28H,10,12-20H2,1-9H3/t22?,24-,27?,28-,30+,31-,32+/m0/s1. The van der Waals surface area contributed by atoms with Crippen LogP contribution in [-0.4, -0.2) is 12.1 Å². The van der Waals surface area contributed by atoms with Crippen molar-refractivity contribution >= 4 is 5.97 Å². The van der Waals surface area contributed by atoms with Crippen LogP contribution in [0.4, 0.5) is 0 Å². The molecule has 192 valence electrons. The molecule has 0 aromatic carbocycles. The molecule has 4 aliphatic rings. The molecule has 2 saturated carbocycles. The molecule has 7 atom stereocenters. The van der Waals surface area contributed by atoms with Crippen LogP contribution < -0.4 is 0 Å². The Hall–Kier alpha value is -1.05. The Balaban J connectivity index is 1.63. The Morgan fingerprint density at radius 3 is 2.32 bits per heavy atom. The zero-order valence-corrected chi connectivity index (χ0v) is 23.8. The first-order valence-corrected chi connectivity index (χ1v) is 14.3. The smallest absolute Gasteiger partial charge is 0.302 e. The van der Waals surface area contributed by atoms with E-state index in [4.69, 9.17) is 4.74 Å². The van der Waals surface area contributed by atoms with Crippen molar-refractivity contribution in [3.8, 4) is 0 Å². The van der Waals surface area contributed by atoms with E-state index in [2.05, 4.69) is 61.5 Å². The largest absolute Gasteiger partial charge is 0.462 e. The summed E-state index contributed by atoms with van der Waals surface area (Å²) in [5.41, 5.74) is 6.25. The van der Waals surface area contributed by atoms with Crippen LogP contribution in [0.5, 0.6) is 0 Å². The summed E-state index contributed by atoms with van der Waals surface area (Å²) in [6, 6.07) is 0. The predicted molar refractivity (Wildman–Crippen MR) is 142 cm³/mol. The topological polar surface area (TPSA) is 26.3 Å². The Morgan fingerprint density at radius 1 is 0.971 bits per heavy atom. The van der Waals surface area contributed by atoms with E-state index in [1.807, 2.05) is 11.1 Å². The van der Waals surface area contributed by atoms with Gasteiger partial charge in [0.05, 0.1) is 0 Å². The molecule has 0 bridgehead atoms. The van der Waals surface area contributed by atoms with Crippen LogP contribution in [0.15, 0.2) is 22.8 Å². The zero-order chi connectivity index (χ0) is 25.1. The molecule has 4 rings (SSSR count). The Morgan fingerprint density at radius 2 is 1.68 bits per heavy atom. The molecule has 0 saturated heterocycles. The number of hydrogen-bond acceptors (Lipinski definition) is 2. The first kappa shape index (κ1) is 26.0. The maximum atomic E-state index is 11.8. The van der Waals surface area contributed by atoms with Crippen molar-refractivity contribution < 1.29 is 9.53 Å². The van der Waals surface area contributed by atoms with E-state index < -0.39 is 0 Å². The van der Waals surface area contributed by atoms with Crippen LogP contribution in [0.1, 0.15) is 127 Å². The van der Waals surface area contributed by atoms with Crippen LogP contribution in [0.3, 0.4) is 0 Å². The lowest BCUT2D eigenvalue weighted by molar-refractivity contribution is -0.167. The lowest BCUT2D eigenvalue weighted by atomic mass is 9.43. The molecule has 2 nitrogen and oxygen atoms in total. The third-order valence-corrected chi connectivity index (χ3v) is 11.9. The van der Waals surface area contributed by atoms with E-state index in [1.54, 1.807) is 6.92 Å². The molecule has 0 N–H and O–H groups in total. The van der Waals surface area contributed by atoms with Gasteiger partial charge in [0.15, 0.2) is 0 Å². The molecule has 0 aliphatic heterocycles. The summed E-state index contributed by atoms with van der Waals surface area (Å²) in [5, 5.41) is 0. The van der Waals surface area contributed by atoms with E-state index in [0.29, 0.717) is 16.7 Å². The van der Waals surface area contributed by atoms with Gasteiger partial charge in [-0.2, -0.15) is 0 Å². The van der Waals surface area contributed by atoms with Crippen LogP contribution in [0.25, 0.3) is 0 Å². The zero-order valence-electron chi connectivity index (χ0n) is 23.8. The first-order valence-electron chi connectivity index (χ1n) is 14.3. The van der Waals surface area contributed by atoms with Crippen molar-refractivity contribution in [1.82, 2.24) is 0 Å². The maximum Gasteiger partial charge on any atom is 0.302 e. The SMILES string of the molecule is CC(=O)O[C@H]1CC[C@]2(C)C3=C(CCC2C1(C)C)[C@@]1(C)CC[C@@H](C(C)CCC=C(C)C)[C@]1(C)CC3. The van der Waals surface area contributed by atoms with E-state index in [9.17, 15) is 4.79 Å². The number of ether oxygens (including phenoxy) is 1. The minimum atomic E-state index is -0.117. The van der Waals surface area contributed by atoms with Gasteiger partial charge in [0.2, 0.25) is 0 Å². The van der Waals surface area contributed by atoms with Gasteiger partial charge in [0, 0.05) is 12.3 Å². The predicted octanol–water partition coefficient (Wildman–Crippen LogP) is 9.05. The Kier molecular flexibility index (Phi) is 6.74. The highest BCUT2D eigenvalue weighted by molar-refractivity contribution is 5.66. The fourth-order valence-corrected chi connectivity index (χ4v) is 9.86. The van der Waals surface area contributed by atoms with Crippen LogP contribution in [0.2, 0.25) is 0 Å². The minimum Gasteiger partial charge on any atom is -0.462 e. The van der Waals surface area contributed by atoms with Gasteiger partial charge in [-0.15, -0.1) is 0 Å². The monoisotopic (exact) mass is 468 g/mol. The van der Waals surface area contributed by atoms with Gasteiger partial charge < -0.3 is 4.74 Å². The molecule has 2 heteroatoms. The Labute approximate surface area is 210 Å². The number of fused-ring (bicyclic) bond motifs is 4. The van der Waals surface area contributed by atoms with E-state index in [1.165, 1.54) is 63.4 Å². The van der Waals surface area contributed by atoms with E-state index >= 15 is 0 Å². The normalized spacial score (nSPS) is 41.7. The highest BCUT2D eigenvalue weighted by Gasteiger charge is 2.63. The molecule has 0 aromatic heterocycles. The average Bonchev–Trinajstić information content (AvgIpc) is 3.01. The quantitative estimate of drug-likeness (QED) is 0.297. The molecule has 0 aromatic rings. The molecule has 4 aliphatic carbocycles. The molecule has 34 heavy (non-hydrogen) atoms. The van der Waals surface area contributed by atoms with Crippen molar-refractivity contribution in [2.75, 3.05) is 0 Å². The molecule has 0 spiro atoms.